The monoisotopic (exact) mass is 328 g/mol. The first kappa shape index (κ1) is 15.6. The summed E-state index contributed by atoms with van der Waals surface area (Å²) in [6.45, 7) is 1.24. The lowest BCUT2D eigenvalue weighted by atomic mass is 9.99. The summed E-state index contributed by atoms with van der Waals surface area (Å²) in [5.74, 6) is -1.08. The lowest BCUT2D eigenvalue weighted by molar-refractivity contribution is -0.133. The molecule has 5 nitrogen and oxygen atoms in total. The molecule has 1 N–H and O–H groups in total. The van der Waals surface area contributed by atoms with Crippen LogP contribution in [0.2, 0.25) is 0 Å². The van der Waals surface area contributed by atoms with Crippen molar-refractivity contribution in [2.45, 2.75) is 17.9 Å². The Kier molecular flexibility index (Phi) is 4.62. The lowest BCUT2D eigenvalue weighted by Gasteiger charge is -2.29. The van der Waals surface area contributed by atoms with Crippen LogP contribution in [-0.4, -0.2) is 39.2 Å². The fourth-order valence-electron chi connectivity index (χ4n) is 2.65. The second-order valence-corrected chi connectivity index (χ2v) is 6.32. The number of nitrogens with zero attached hydrogens (tertiary/aromatic N) is 2. The summed E-state index contributed by atoms with van der Waals surface area (Å²) in [6.07, 6.45) is 3.93. The molecule has 1 aliphatic rings. The van der Waals surface area contributed by atoms with E-state index in [0.29, 0.717) is 23.5 Å². The third-order valence-electron chi connectivity index (χ3n) is 3.78. The molecular weight excluding hydrogens is 312 g/mol. The van der Waals surface area contributed by atoms with Crippen molar-refractivity contribution < 1.29 is 14.7 Å². The van der Waals surface area contributed by atoms with Gasteiger partial charge in [0.15, 0.2) is 0 Å². The Balaban J connectivity index is 1.80. The van der Waals surface area contributed by atoms with E-state index in [2.05, 4.69) is 11.1 Å². The fraction of sp³-hybridized carbons (Fsp3) is 0.235. The minimum atomic E-state index is -0.905. The number of carbonyl (C=O) groups excluding carboxylic acids is 1. The highest BCUT2D eigenvalue weighted by Crippen LogP contribution is 2.25. The Hall–Kier alpha value is -2.34. The number of thioether (sulfide) groups is 1. The number of rotatable bonds is 4. The average Bonchev–Trinajstić information content (AvgIpc) is 2.59. The maximum absolute atomic E-state index is 12.8. The second kappa shape index (κ2) is 6.83. The molecule has 0 saturated carbocycles. The Labute approximate surface area is 138 Å². The number of amides is 1. The molecule has 2 heterocycles. The van der Waals surface area contributed by atoms with Crippen molar-refractivity contribution in [1.29, 1.82) is 0 Å². The maximum atomic E-state index is 12.8. The van der Waals surface area contributed by atoms with Crippen molar-refractivity contribution in [3.63, 3.8) is 0 Å². The van der Waals surface area contributed by atoms with Gasteiger partial charge in [0, 0.05) is 30.4 Å². The van der Waals surface area contributed by atoms with Crippen molar-refractivity contribution in [2.24, 2.45) is 0 Å². The van der Waals surface area contributed by atoms with E-state index < -0.39 is 5.97 Å². The SMILES string of the molecule is O=C(O)CSc1ccncc1C(=O)N1CCc2ccccc2C1. The van der Waals surface area contributed by atoms with Gasteiger partial charge in [0.05, 0.1) is 11.3 Å². The molecule has 118 valence electrons. The van der Waals surface area contributed by atoms with Gasteiger partial charge < -0.3 is 10.0 Å². The molecule has 0 unspecified atom stereocenters. The van der Waals surface area contributed by atoms with Crippen LogP contribution in [0.3, 0.4) is 0 Å². The predicted molar refractivity (Wildman–Crippen MR) is 87.5 cm³/mol. The molecule has 1 aromatic heterocycles. The molecule has 0 radical (unpaired) electrons. The third-order valence-corrected chi connectivity index (χ3v) is 4.84. The van der Waals surface area contributed by atoms with Gasteiger partial charge in [-0.15, -0.1) is 11.8 Å². The van der Waals surface area contributed by atoms with Crippen LogP contribution >= 0.6 is 11.8 Å². The van der Waals surface area contributed by atoms with Crippen LogP contribution in [0.1, 0.15) is 21.5 Å². The molecule has 1 amide bonds. The maximum Gasteiger partial charge on any atom is 0.313 e. The van der Waals surface area contributed by atoms with Crippen molar-refractivity contribution in [1.82, 2.24) is 9.88 Å². The van der Waals surface area contributed by atoms with Crippen LogP contribution in [-0.2, 0) is 17.8 Å². The van der Waals surface area contributed by atoms with Gasteiger partial charge in [-0.05, 0) is 23.6 Å². The molecule has 0 saturated heterocycles. The zero-order valence-electron chi connectivity index (χ0n) is 12.4. The average molecular weight is 328 g/mol. The molecule has 2 aromatic rings. The van der Waals surface area contributed by atoms with Gasteiger partial charge in [-0.25, -0.2) is 0 Å². The predicted octanol–water partition coefficient (Wildman–Crippen LogP) is 2.46. The summed E-state index contributed by atoms with van der Waals surface area (Å²) in [4.78, 5) is 30.0. The number of carboxylic acids is 1. The Morgan fingerprint density at radius 3 is 2.78 bits per heavy atom. The highest BCUT2D eigenvalue weighted by molar-refractivity contribution is 8.00. The van der Waals surface area contributed by atoms with E-state index in [-0.39, 0.29) is 11.7 Å². The van der Waals surface area contributed by atoms with E-state index in [0.717, 1.165) is 23.7 Å². The highest BCUT2D eigenvalue weighted by Gasteiger charge is 2.23. The standard InChI is InChI=1S/C17H16N2O3S/c20-16(21)11-23-15-5-7-18-9-14(15)17(22)19-8-6-12-3-1-2-4-13(12)10-19/h1-5,7,9H,6,8,10-11H2,(H,20,21). The molecule has 0 spiro atoms. The van der Waals surface area contributed by atoms with Crippen LogP contribution in [0.5, 0.6) is 0 Å². The molecule has 1 aromatic carbocycles. The summed E-state index contributed by atoms with van der Waals surface area (Å²) in [5.41, 5.74) is 2.91. The van der Waals surface area contributed by atoms with Crippen LogP contribution < -0.4 is 0 Å². The molecule has 0 atom stereocenters. The molecule has 0 fully saturated rings. The minimum absolute atomic E-state index is 0.0763. The molecule has 0 aliphatic carbocycles. The highest BCUT2D eigenvalue weighted by atomic mass is 32.2. The van der Waals surface area contributed by atoms with Gasteiger partial charge in [-0.1, -0.05) is 24.3 Å². The fourth-order valence-corrected chi connectivity index (χ4v) is 3.38. The summed E-state index contributed by atoms with van der Waals surface area (Å²) in [5, 5.41) is 8.83. The number of hydrogen-bond acceptors (Lipinski definition) is 4. The van der Waals surface area contributed by atoms with E-state index >= 15 is 0 Å². The minimum Gasteiger partial charge on any atom is -0.481 e. The van der Waals surface area contributed by atoms with Gasteiger partial charge in [0.1, 0.15) is 0 Å². The first-order valence-electron chi connectivity index (χ1n) is 7.30. The summed E-state index contributed by atoms with van der Waals surface area (Å²) in [7, 11) is 0. The lowest BCUT2D eigenvalue weighted by Crippen LogP contribution is -2.36. The summed E-state index contributed by atoms with van der Waals surface area (Å²) < 4.78 is 0. The Morgan fingerprint density at radius 2 is 2.00 bits per heavy atom. The van der Waals surface area contributed by atoms with Crippen LogP contribution in [0.4, 0.5) is 0 Å². The largest absolute Gasteiger partial charge is 0.481 e. The van der Waals surface area contributed by atoms with Crippen LogP contribution in [0.25, 0.3) is 0 Å². The van der Waals surface area contributed by atoms with E-state index in [4.69, 9.17) is 5.11 Å². The van der Waals surface area contributed by atoms with Gasteiger partial charge >= 0.3 is 5.97 Å². The number of fused-ring (bicyclic) bond motifs is 1. The molecule has 23 heavy (non-hydrogen) atoms. The number of pyridine rings is 1. The normalized spacial score (nSPS) is 13.5. The Morgan fingerprint density at radius 1 is 1.22 bits per heavy atom. The first-order chi connectivity index (χ1) is 11.1. The molecular formula is C17H16N2O3S. The quantitative estimate of drug-likeness (QED) is 0.873. The molecule has 3 rings (SSSR count). The van der Waals surface area contributed by atoms with Crippen molar-refractivity contribution in [2.75, 3.05) is 12.3 Å². The third kappa shape index (κ3) is 3.53. The zero-order chi connectivity index (χ0) is 16.2. The van der Waals surface area contributed by atoms with Gasteiger partial charge in [0.25, 0.3) is 5.91 Å². The van der Waals surface area contributed by atoms with Gasteiger partial charge in [-0.2, -0.15) is 0 Å². The first-order valence-corrected chi connectivity index (χ1v) is 8.28. The van der Waals surface area contributed by atoms with Crippen LogP contribution in [0.15, 0.2) is 47.6 Å². The van der Waals surface area contributed by atoms with E-state index in [9.17, 15) is 9.59 Å². The topological polar surface area (TPSA) is 70.5 Å². The van der Waals surface area contributed by atoms with Crippen LogP contribution in [0, 0.1) is 0 Å². The number of hydrogen-bond donors (Lipinski definition) is 1. The number of carboxylic acid groups (broad SMARTS) is 1. The van der Waals surface area contributed by atoms with E-state index in [1.54, 1.807) is 17.2 Å². The summed E-state index contributed by atoms with van der Waals surface area (Å²) >= 11 is 1.15. The van der Waals surface area contributed by atoms with E-state index in [1.807, 2.05) is 18.2 Å². The summed E-state index contributed by atoms with van der Waals surface area (Å²) in [6, 6.07) is 9.81. The zero-order valence-corrected chi connectivity index (χ0v) is 13.3. The number of aromatic nitrogens is 1. The number of benzene rings is 1. The number of carbonyl (C=O) groups is 2. The van der Waals surface area contributed by atoms with Crippen molar-refractivity contribution >= 4 is 23.6 Å². The van der Waals surface area contributed by atoms with Crippen molar-refractivity contribution in [3.05, 3.63) is 59.4 Å². The Bertz CT molecular complexity index is 748. The second-order valence-electron chi connectivity index (χ2n) is 5.30. The van der Waals surface area contributed by atoms with Crippen molar-refractivity contribution in [3.8, 4) is 0 Å². The molecule has 0 bridgehead atoms. The smallest absolute Gasteiger partial charge is 0.313 e. The number of aliphatic carboxylic acids is 1. The van der Waals surface area contributed by atoms with Gasteiger partial charge in [0.2, 0.25) is 0 Å². The molecule has 1 aliphatic heterocycles. The van der Waals surface area contributed by atoms with E-state index in [1.165, 1.54) is 11.8 Å². The molecule has 6 heteroatoms. The van der Waals surface area contributed by atoms with Gasteiger partial charge in [-0.3, -0.25) is 14.6 Å².